The van der Waals surface area contributed by atoms with Crippen LogP contribution >= 0.6 is 12.6 Å². The van der Waals surface area contributed by atoms with Crippen molar-refractivity contribution in [2.75, 3.05) is 14.1 Å². The lowest BCUT2D eigenvalue weighted by atomic mass is 10.2. The van der Waals surface area contributed by atoms with Crippen LogP contribution in [0.15, 0.2) is 35.5 Å². The number of hydrogen-bond acceptors (Lipinski definition) is 3. The summed E-state index contributed by atoms with van der Waals surface area (Å²) in [4.78, 5) is 17.7. The quantitative estimate of drug-likeness (QED) is 0.273. The summed E-state index contributed by atoms with van der Waals surface area (Å²) in [5, 5.41) is 3.89. The number of amidine groups is 1. The number of carbonyl (C=O) groups excluding carboxylic acids is 1. The smallest absolute Gasteiger partial charge is 0.355 e. The van der Waals surface area contributed by atoms with Gasteiger partial charge in [0.15, 0.2) is 5.17 Å². The van der Waals surface area contributed by atoms with Crippen LogP contribution in [0.1, 0.15) is 10.4 Å². The first-order valence-electron chi connectivity index (χ1n) is 4.32. The van der Waals surface area contributed by atoms with E-state index in [-0.39, 0.29) is 0 Å². The molecule has 0 aromatic heterocycles. The summed E-state index contributed by atoms with van der Waals surface area (Å²) < 4.78 is 0. The number of rotatable bonds is 2. The molecule has 0 aliphatic carbocycles. The third-order valence-electron chi connectivity index (χ3n) is 1.62. The third kappa shape index (κ3) is 3.63. The Morgan fingerprint density at radius 1 is 1.33 bits per heavy atom. The second-order valence-electron chi connectivity index (χ2n) is 3.03. The molecule has 80 valence electrons. The van der Waals surface area contributed by atoms with Crippen molar-refractivity contribution < 1.29 is 9.63 Å². The molecule has 0 radical (unpaired) electrons. The van der Waals surface area contributed by atoms with E-state index in [2.05, 4.69) is 22.6 Å². The highest BCUT2D eigenvalue weighted by Crippen LogP contribution is 2.02. The number of nitrogens with zero attached hydrogens (tertiary/aromatic N) is 2. The first kappa shape index (κ1) is 11.6. The van der Waals surface area contributed by atoms with Gasteiger partial charge in [0.05, 0.1) is 5.56 Å². The minimum absolute atomic E-state index is 0.333. The van der Waals surface area contributed by atoms with Crippen LogP contribution in [0.4, 0.5) is 0 Å². The van der Waals surface area contributed by atoms with Gasteiger partial charge in [0.25, 0.3) is 0 Å². The minimum Gasteiger partial charge on any atom is -0.355 e. The van der Waals surface area contributed by atoms with Crippen LogP contribution in [-0.2, 0) is 4.84 Å². The molecule has 0 amide bonds. The second kappa shape index (κ2) is 5.41. The molecule has 0 atom stereocenters. The zero-order valence-electron chi connectivity index (χ0n) is 8.54. The zero-order valence-corrected chi connectivity index (χ0v) is 9.44. The summed E-state index contributed by atoms with van der Waals surface area (Å²) in [7, 11) is 3.50. The number of benzene rings is 1. The predicted molar refractivity (Wildman–Crippen MR) is 62.0 cm³/mol. The van der Waals surface area contributed by atoms with Gasteiger partial charge >= 0.3 is 5.97 Å². The topological polar surface area (TPSA) is 41.9 Å². The van der Waals surface area contributed by atoms with E-state index in [9.17, 15) is 4.79 Å². The Bertz CT molecular complexity index is 363. The molecular formula is C10H12N2O2S. The molecule has 0 heterocycles. The van der Waals surface area contributed by atoms with Crippen molar-refractivity contribution in [3.8, 4) is 0 Å². The average molecular weight is 224 g/mol. The van der Waals surface area contributed by atoms with Gasteiger partial charge in [-0.15, -0.1) is 12.6 Å². The van der Waals surface area contributed by atoms with Crippen LogP contribution in [0.5, 0.6) is 0 Å². The largest absolute Gasteiger partial charge is 0.365 e. The molecule has 0 unspecified atom stereocenters. The zero-order chi connectivity index (χ0) is 11.3. The van der Waals surface area contributed by atoms with Gasteiger partial charge in [0, 0.05) is 14.1 Å². The molecule has 5 heteroatoms. The Kier molecular flexibility index (Phi) is 4.17. The lowest BCUT2D eigenvalue weighted by molar-refractivity contribution is 0.0514. The third-order valence-corrected chi connectivity index (χ3v) is 2.10. The molecule has 0 saturated heterocycles. The fourth-order valence-electron chi connectivity index (χ4n) is 0.791. The summed E-state index contributed by atoms with van der Waals surface area (Å²) in [6.07, 6.45) is 0. The van der Waals surface area contributed by atoms with Gasteiger partial charge in [-0.2, -0.15) is 0 Å². The monoisotopic (exact) mass is 224 g/mol. The van der Waals surface area contributed by atoms with Crippen molar-refractivity contribution in [1.82, 2.24) is 4.90 Å². The highest BCUT2D eigenvalue weighted by molar-refractivity contribution is 7.96. The molecule has 0 N–H and O–H groups in total. The Hall–Kier alpha value is -1.49. The molecule has 1 aromatic carbocycles. The van der Waals surface area contributed by atoms with Crippen LogP contribution in [0.2, 0.25) is 0 Å². The highest BCUT2D eigenvalue weighted by atomic mass is 32.1. The number of oxime groups is 1. The van der Waals surface area contributed by atoms with E-state index in [1.54, 1.807) is 43.3 Å². The fourth-order valence-corrected chi connectivity index (χ4v) is 0.832. The maximum Gasteiger partial charge on any atom is 0.365 e. The molecule has 1 rings (SSSR count). The molecule has 0 aliphatic heterocycles. The van der Waals surface area contributed by atoms with E-state index in [4.69, 9.17) is 0 Å². The molecule has 0 spiro atoms. The maximum atomic E-state index is 11.4. The van der Waals surface area contributed by atoms with Crippen LogP contribution < -0.4 is 0 Å². The van der Waals surface area contributed by atoms with E-state index in [1.165, 1.54) is 0 Å². The number of thiol groups is 1. The van der Waals surface area contributed by atoms with Crippen LogP contribution in [0, 0.1) is 0 Å². The van der Waals surface area contributed by atoms with E-state index in [0.29, 0.717) is 10.7 Å². The first-order chi connectivity index (χ1) is 7.11. The van der Waals surface area contributed by atoms with Crippen LogP contribution in [-0.4, -0.2) is 30.1 Å². The van der Waals surface area contributed by atoms with Gasteiger partial charge in [-0.3, -0.25) is 0 Å². The number of hydrogen-bond donors (Lipinski definition) is 1. The molecule has 0 aliphatic rings. The van der Waals surface area contributed by atoms with Crippen LogP contribution in [0.3, 0.4) is 0 Å². The second-order valence-corrected chi connectivity index (χ2v) is 3.43. The lowest BCUT2D eigenvalue weighted by Crippen LogP contribution is -2.17. The molecule has 0 saturated carbocycles. The van der Waals surface area contributed by atoms with Crippen molar-refractivity contribution in [3.05, 3.63) is 35.9 Å². The first-order valence-corrected chi connectivity index (χ1v) is 4.76. The summed E-state index contributed by atoms with van der Waals surface area (Å²) >= 11 is 4.01. The van der Waals surface area contributed by atoms with Gasteiger partial charge < -0.3 is 9.74 Å². The predicted octanol–water partition coefficient (Wildman–Crippen LogP) is 1.61. The molecular weight excluding hydrogens is 212 g/mol. The van der Waals surface area contributed by atoms with E-state index in [1.807, 2.05) is 6.07 Å². The van der Waals surface area contributed by atoms with Gasteiger partial charge in [-0.05, 0) is 12.1 Å². The van der Waals surface area contributed by atoms with E-state index < -0.39 is 5.97 Å². The Morgan fingerprint density at radius 2 is 1.93 bits per heavy atom. The minimum atomic E-state index is -0.496. The average Bonchev–Trinajstić information content (AvgIpc) is 2.26. The van der Waals surface area contributed by atoms with Gasteiger partial charge in [-0.25, -0.2) is 4.79 Å². The lowest BCUT2D eigenvalue weighted by Gasteiger charge is -2.08. The van der Waals surface area contributed by atoms with Gasteiger partial charge in [0.1, 0.15) is 0 Å². The Morgan fingerprint density at radius 3 is 2.47 bits per heavy atom. The fraction of sp³-hybridized carbons (Fsp3) is 0.200. The normalized spacial score (nSPS) is 11.0. The van der Waals surface area contributed by atoms with Gasteiger partial charge in [-0.1, -0.05) is 23.4 Å². The van der Waals surface area contributed by atoms with Crippen molar-refractivity contribution in [2.24, 2.45) is 5.16 Å². The maximum absolute atomic E-state index is 11.4. The van der Waals surface area contributed by atoms with Gasteiger partial charge in [0.2, 0.25) is 0 Å². The molecule has 4 nitrogen and oxygen atoms in total. The van der Waals surface area contributed by atoms with Crippen molar-refractivity contribution in [2.45, 2.75) is 0 Å². The summed E-state index contributed by atoms with van der Waals surface area (Å²) in [5.41, 5.74) is 0.459. The molecule has 0 fully saturated rings. The summed E-state index contributed by atoms with van der Waals surface area (Å²) in [6, 6.07) is 8.66. The summed E-state index contributed by atoms with van der Waals surface area (Å²) in [6.45, 7) is 0. The Labute approximate surface area is 93.9 Å². The van der Waals surface area contributed by atoms with Crippen LogP contribution in [0.25, 0.3) is 0 Å². The SMILES string of the molecule is CN(C)/C(S)=N/OC(=O)c1ccccc1. The Balaban J connectivity index is 2.62. The van der Waals surface area contributed by atoms with Crippen molar-refractivity contribution in [3.63, 3.8) is 0 Å². The standard InChI is InChI=1S/C10H12N2O2S/c1-12(2)10(15)11-14-9(13)8-6-4-3-5-7-8/h3-7H,1-2H3,(H,11,15). The highest BCUT2D eigenvalue weighted by Gasteiger charge is 2.06. The number of carbonyl (C=O) groups is 1. The van der Waals surface area contributed by atoms with Crippen molar-refractivity contribution >= 4 is 23.8 Å². The van der Waals surface area contributed by atoms with E-state index in [0.717, 1.165) is 0 Å². The van der Waals surface area contributed by atoms with E-state index >= 15 is 0 Å². The molecule has 15 heavy (non-hydrogen) atoms. The molecule has 0 bridgehead atoms. The van der Waals surface area contributed by atoms with Crippen molar-refractivity contribution in [1.29, 1.82) is 0 Å². The summed E-state index contributed by atoms with van der Waals surface area (Å²) in [5.74, 6) is -0.496. The molecule has 1 aromatic rings.